The number of sulfonamides is 1. The second-order valence-electron chi connectivity index (χ2n) is 7.50. The van der Waals surface area contributed by atoms with E-state index in [1.807, 2.05) is 18.2 Å². The minimum Gasteiger partial charge on any atom is -0.484 e. The van der Waals surface area contributed by atoms with Gasteiger partial charge in [0.05, 0.1) is 6.26 Å². The molecule has 0 radical (unpaired) electrons. The summed E-state index contributed by atoms with van der Waals surface area (Å²) in [5, 5.41) is 3.84. The molecule has 2 N–H and O–H groups in total. The van der Waals surface area contributed by atoms with Crippen LogP contribution in [0.4, 0.5) is 5.69 Å². The van der Waals surface area contributed by atoms with Gasteiger partial charge in [0.25, 0.3) is 5.91 Å². The average Bonchev–Trinajstić information content (AvgIpc) is 3.09. The largest absolute Gasteiger partial charge is 0.484 e. The van der Waals surface area contributed by atoms with E-state index >= 15 is 0 Å². The van der Waals surface area contributed by atoms with Gasteiger partial charge in [0.15, 0.2) is 6.61 Å². The minimum absolute atomic E-state index is 0.108. The zero-order chi connectivity index (χ0) is 21.1. The topological polar surface area (TPSA) is 97.6 Å². The Labute approximate surface area is 175 Å². The molecular weight excluding hydrogens is 404 g/mol. The van der Waals surface area contributed by atoms with Crippen molar-refractivity contribution in [3.05, 3.63) is 59.4 Å². The molecule has 2 aromatic carbocycles. The van der Waals surface area contributed by atoms with E-state index in [4.69, 9.17) is 9.15 Å². The number of ether oxygens (including phenoxy) is 1. The summed E-state index contributed by atoms with van der Waals surface area (Å²) in [7, 11) is -3.24. The molecule has 0 unspecified atom stereocenters. The van der Waals surface area contributed by atoms with E-state index < -0.39 is 10.0 Å². The molecule has 1 aromatic heterocycles. The fraction of sp³-hybridized carbons (Fsp3) is 0.318. The van der Waals surface area contributed by atoms with Gasteiger partial charge in [-0.2, -0.15) is 0 Å². The van der Waals surface area contributed by atoms with E-state index in [-0.39, 0.29) is 19.1 Å². The van der Waals surface area contributed by atoms with Crippen molar-refractivity contribution in [3.8, 4) is 5.75 Å². The number of hydrogen-bond donors (Lipinski definition) is 2. The Morgan fingerprint density at radius 2 is 1.87 bits per heavy atom. The number of fused-ring (bicyclic) bond motifs is 3. The number of hydrogen-bond acceptors (Lipinski definition) is 5. The van der Waals surface area contributed by atoms with Gasteiger partial charge in [0.2, 0.25) is 10.0 Å². The number of amides is 1. The highest BCUT2D eigenvalue weighted by atomic mass is 32.2. The standard InChI is InChI=1S/C22H24N2O5S/c1-30(26,27)23-13-15-6-8-16(9-7-15)24-22(25)14-28-17-10-11-21-19(12-17)18-4-2-3-5-20(18)29-21/h6-12,23H,2-5,13-14H2,1H3,(H,24,25). The Hall–Kier alpha value is -2.84. The van der Waals surface area contributed by atoms with Gasteiger partial charge in [-0.05, 0) is 55.2 Å². The first-order valence-corrected chi connectivity index (χ1v) is 11.8. The first-order valence-electron chi connectivity index (χ1n) is 9.88. The fourth-order valence-corrected chi connectivity index (χ4v) is 4.03. The van der Waals surface area contributed by atoms with Gasteiger partial charge in [-0.15, -0.1) is 0 Å². The zero-order valence-electron chi connectivity index (χ0n) is 16.7. The van der Waals surface area contributed by atoms with Gasteiger partial charge in [0, 0.05) is 29.6 Å². The fourth-order valence-electron chi connectivity index (χ4n) is 3.60. The van der Waals surface area contributed by atoms with Gasteiger partial charge in [-0.1, -0.05) is 12.1 Å². The molecule has 3 aromatic rings. The Bertz CT molecular complexity index is 1170. The minimum atomic E-state index is -3.24. The first kappa shape index (κ1) is 20.4. The molecule has 0 aliphatic heterocycles. The molecule has 1 amide bonds. The van der Waals surface area contributed by atoms with Crippen LogP contribution in [0.3, 0.4) is 0 Å². The summed E-state index contributed by atoms with van der Waals surface area (Å²) >= 11 is 0. The molecule has 1 aliphatic carbocycles. The van der Waals surface area contributed by atoms with Gasteiger partial charge in [-0.3, -0.25) is 4.79 Å². The van der Waals surface area contributed by atoms with Crippen molar-refractivity contribution in [3.63, 3.8) is 0 Å². The average molecular weight is 429 g/mol. The maximum Gasteiger partial charge on any atom is 0.262 e. The Morgan fingerprint density at radius 3 is 2.63 bits per heavy atom. The number of aryl methyl sites for hydroxylation is 2. The normalized spacial score (nSPS) is 13.8. The Balaban J connectivity index is 1.33. The molecule has 0 spiro atoms. The zero-order valence-corrected chi connectivity index (χ0v) is 17.6. The maximum atomic E-state index is 12.2. The second-order valence-corrected chi connectivity index (χ2v) is 9.33. The first-order chi connectivity index (χ1) is 14.4. The molecule has 0 saturated heterocycles. The summed E-state index contributed by atoms with van der Waals surface area (Å²) in [5.41, 5.74) is 3.54. The summed E-state index contributed by atoms with van der Waals surface area (Å²) in [6, 6.07) is 12.6. The lowest BCUT2D eigenvalue weighted by Gasteiger charge is -2.10. The summed E-state index contributed by atoms with van der Waals surface area (Å²) < 4.78 is 36.3. The lowest BCUT2D eigenvalue weighted by atomic mass is 9.96. The molecule has 8 heteroatoms. The number of carbonyl (C=O) groups is 1. The molecule has 0 bridgehead atoms. The van der Waals surface area contributed by atoms with Crippen molar-refractivity contribution in [2.24, 2.45) is 0 Å². The van der Waals surface area contributed by atoms with Crippen LogP contribution in [-0.2, 0) is 34.2 Å². The van der Waals surface area contributed by atoms with E-state index in [1.165, 1.54) is 5.56 Å². The molecule has 1 aliphatic rings. The van der Waals surface area contributed by atoms with Crippen molar-refractivity contribution in [2.45, 2.75) is 32.2 Å². The lowest BCUT2D eigenvalue weighted by Crippen LogP contribution is -2.21. The molecule has 1 heterocycles. The van der Waals surface area contributed by atoms with Crippen molar-refractivity contribution >= 4 is 32.6 Å². The monoisotopic (exact) mass is 428 g/mol. The molecule has 30 heavy (non-hydrogen) atoms. The third kappa shape index (κ3) is 5.01. The predicted octanol–water partition coefficient (Wildman–Crippen LogP) is 3.38. The molecule has 0 fully saturated rings. The van der Waals surface area contributed by atoms with E-state index in [0.29, 0.717) is 11.4 Å². The van der Waals surface area contributed by atoms with E-state index in [1.54, 1.807) is 24.3 Å². The number of benzene rings is 2. The summed E-state index contributed by atoms with van der Waals surface area (Å²) in [6.45, 7) is 0.0965. The Morgan fingerprint density at radius 1 is 1.10 bits per heavy atom. The van der Waals surface area contributed by atoms with Crippen molar-refractivity contribution < 1.29 is 22.4 Å². The van der Waals surface area contributed by atoms with Crippen LogP contribution < -0.4 is 14.8 Å². The number of nitrogens with one attached hydrogen (secondary N) is 2. The highest BCUT2D eigenvalue weighted by Gasteiger charge is 2.18. The molecule has 0 atom stereocenters. The number of furan rings is 1. The second kappa shape index (κ2) is 8.49. The molecule has 158 valence electrons. The van der Waals surface area contributed by atoms with Gasteiger partial charge in [-0.25, -0.2) is 13.1 Å². The quantitative estimate of drug-likeness (QED) is 0.601. The summed E-state index contributed by atoms with van der Waals surface area (Å²) in [4.78, 5) is 12.2. The van der Waals surface area contributed by atoms with Gasteiger partial charge >= 0.3 is 0 Å². The highest BCUT2D eigenvalue weighted by Crippen LogP contribution is 2.33. The summed E-state index contributed by atoms with van der Waals surface area (Å²) in [5.74, 6) is 1.43. The van der Waals surface area contributed by atoms with Gasteiger partial charge < -0.3 is 14.5 Å². The van der Waals surface area contributed by atoms with Crippen LogP contribution >= 0.6 is 0 Å². The molecule has 4 rings (SSSR count). The van der Waals surface area contributed by atoms with Crippen LogP contribution in [0.25, 0.3) is 11.0 Å². The Kier molecular flexibility index (Phi) is 5.78. The van der Waals surface area contributed by atoms with Crippen molar-refractivity contribution in [2.75, 3.05) is 18.2 Å². The van der Waals surface area contributed by atoms with Crippen LogP contribution in [0.1, 0.15) is 29.7 Å². The number of rotatable bonds is 7. The third-order valence-corrected chi connectivity index (χ3v) is 5.74. The number of carbonyl (C=O) groups excluding carboxylic acids is 1. The predicted molar refractivity (Wildman–Crippen MR) is 115 cm³/mol. The van der Waals surface area contributed by atoms with E-state index in [9.17, 15) is 13.2 Å². The van der Waals surface area contributed by atoms with Gasteiger partial charge in [0.1, 0.15) is 17.1 Å². The maximum absolute atomic E-state index is 12.2. The smallest absolute Gasteiger partial charge is 0.262 e. The van der Waals surface area contributed by atoms with Crippen LogP contribution in [0.2, 0.25) is 0 Å². The molecule has 0 saturated carbocycles. The van der Waals surface area contributed by atoms with Crippen molar-refractivity contribution in [1.82, 2.24) is 4.72 Å². The third-order valence-electron chi connectivity index (χ3n) is 5.07. The lowest BCUT2D eigenvalue weighted by molar-refractivity contribution is -0.118. The molecule has 7 nitrogen and oxygen atoms in total. The van der Waals surface area contributed by atoms with Crippen LogP contribution in [0.15, 0.2) is 46.9 Å². The SMILES string of the molecule is CS(=O)(=O)NCc1ccc(NC(=O)COc2ccc3oc4c(c3c2)CCCC4)cc1. The van der Waals surface area contributed by atoms with Crippen molar-refractivity contribution in [1.29, 1.82) is 0 Å². The van der Waals surface area contributed by atoms with Crippen LogP contribution in [-0.4, -0.2) is 27.2 Å². The molecular formula is C22H24N2O5S. The van der Waals surface area contributed by atoms with E-state index in [2.05, 4.69) is 10.0 Å². The van der Waals surface area contributed by atoms with Crippen LogP contribution in [0, 0.1) is 0 Å². The van der Waals surface area contributed by atoms with Crippen LogP contribution in [0.5, 0.6) is 5.75 Å². The van der Waals surface area contributed by atoms with E-state index in [0.717, 1.165) is 54.2 Å². The summed E-state index contributed by atoms with van der Waals surface area (Å²) in [6.07, 6.45) is 5.43. The number of anilines is 1. The highest BCUT2D eigenvalue weighted by molar-refractivity contribution is 7.88.